The number of halogens is 3. The summed E-state index contributed by atoms with van der Waals surface area (Å²) < 4.78 is 43.0. The van der Waals surface area contributed by atoms with Gasteiger partial charge in [0.25, 0.3) is 0 Å². The fourth-order valence-corrected chi connectivity index (χ4v) is 11.8. The van der Waals surface area contributed by atoms with Crippen LogP contribution in [0.2, 0.25) is 5.02 Å². The number of hydrogen-bond acceptors (Lipinski definition) is 20. The normalized spacial score (nSPS) is 10.2. The molecule has 0 saturated carbocycles. The van der Waals surface area contributed by atoms with Crippen LogP contribution in [0.3, 0.4) is 0 Å². The van der Waals surface area contributed by atoms with Gasteiger partial charge in [0.1, 0.15) is 33.0 Å². The Morgan fingerprint density at radius 3 is 0.931 bits per heavy atom. The van der Waals surface area contributed by atoms with Crippen molar-refractivity contribution in [3.63, 3.8) is 0 Å². The summed E-state index contributed by atoms with van der Waals surface area (Å²) >= 11 is 12.0. The minimum absolute atomic E-state index is 0. The third kappa shape index (κ3) is 25.8. The fraction of sp³-hybridized carbons (Fsp3) is 0.167. The van der Waals surface area contributed by atoms with Gasteiger partial charge in [-0.3, -0.25) is 0 Å². The standard InChI is InChI=1S/C17H17N4O2.C16H15N4O2.C15H12BrN4O2.C15H12ClN4O2.C15H12IN4O2.5Y/c1-3-13-8-7-11-16(21-17(22)20(2)18-19-21)15(13)12-23-14-9-5-4-6-10-14;1-12-7-6-10-15(20-16(21)19(2)17-18-20)14(12)11-22-13-8-4-3-5-9-13;3*1-19-15(21)20(18-17-19)14-9-5-8-13(16)12(14)10-22-11-6-3-2-4-7-11;;;;;/h5-11H,3,12H2,1-2H3;4-10H,11H2,1-2H3;3*3-9H,10H2,1H3;;;;;/q5*-1;;;;;. The molecule has 0 N–H and O–H groups in total. The van der Waals surface area contributed by atoms with E-state index in [0.29, 0.717) is 71.2 Å². The largest absolute Gasteiger partial charge is 0.514 e. The Bertz CT molecular complexity index is 5350. The molecule has 116 heavy (non-hydrogen) atoms. The number of ether oxygens (including phenoxy) is 5. The van der Waals surface area contributed by atoms with Gasteiger partial charge in [0.2, 0.25) is 0 Å². The van der Waals surface area contributed by atoms with E-state index in [-0.39, 0.29) is 199 Å². The average molecular weight is 2130 g/mol. The quantitative estimate of drug-likeness (QED) is 0.0477. The summed E-state index contributed by atoms with van der Waals surface area (Å²) in [5.41, 5.74) is 8.06. The van der Waals surface area contributed by atoms with Crippen LogP contribution in [0.5, 0.6) is 28.7 Å². The van der Waals surface area contributed by atoms with Gasteiger partial charge in [-0.1, -0.05) is 76.9 Å². The van der Waals surface area contributed by atoms with E-state index in [0.717, 1.165) is 75.5 Å². The maximum atomic E-state index is 12.2. The maximum Gasteiger partial charge on any atom is 0.368 e. The van der Waals surface area contributed by atoms with Crippen molar-refractivity contribution in [2.75, 3.05) is 0 Å². The van der Waals surface area contributed by atoms with Crippen molar-refractivity contribution < 1.29 is 187 Å². The van der Waals surface area contributed by atoms with Crippen molar-refractivity contribution in [3.05, 3.63) is 347 Å². The number of aryl methyl sites for hydroxylation is 7. The Morgan fingerprint density at radius 2 is 0.595 bits per heavy atom. The zero-order valence-electron chi connectivity index (χ0n) is 63.5. The van der Waals surface area contributed by atoms with E-state index in [9.17, 15) is 24.0 Å². The van der Waals surface area contributed by atoms with Crippen LogP contribution in [0.1, 0.15) is 45.9 Å². The molecule has 0 saturated heterocycles. The van der Waals surface area contributed by atoms with Gasteiger partial charge in [0, 0.05) is 268 Å². The topological polar surface area (TPSA) is 310 Å². The minimum atomic E-state index is -0.349. The maximum absolute atomic E-state index is 12.2. The van der Waals surface area contributed by atoms with E-state index >= 15 is 0 Å². The van der Waals surface area contributed by atoms with Gasteiger partial charge in [-0.05, 0) is 148 Å². The van der Waals surface area contributed by atoms with E-state index in [2.05, 4.69) is 128 Å². The van der Waals surface area contributed by atoms with Crippen molar-refractivity contribution in [1.82, 2.24) is 99.0 Å². The van der Waals surface area contributed by atoms with Gasteiger partial charge in [-0.2, -0.15) is 138 Å². The first-order chi connectivity index (χ1) is 53.9. The van der Waals surface area contributed by atoms with Gasteiger partial charge in [-0.25, -0.2) is 24.0 Å². The third-order valence-electron chi connectivity index (χ3n) is 16.4. The molecule has 581 valence electrons. The summed E-state index contributed by atoms with van der Waals surface area (Å²) in [6.07, 6.45) is 0.837. The molecule has 5 aromatic heterocycles. The van der Waals surface area contributed by atoms with Gasteiger partial charge in [0.15, 0.2) is 0 Å². The number of nitrogens with zero attached hydrogens (tertiary/aromatic N) is 20. The van der Waals surface area contributed by atoms with Crippen molar-refractivity contribution >= 4 is 50.1 Å². The van der Waals surface area contributed by atoms with E-state index < -0.39 is 0 Å². The molecular formula is C78H68BrClIN20O10Y5-5. The van der Waals surface area contributed by atoms with Crippen LogP contribution >= 0.6 is 50.1 Å². The number of tetrazole rings is 5. The number of benzene rings is 10. The van der Waals surface area contributed by atoms with E-state index in [4.69, 9.17) is 35.3 Å². The Balaban J connectivity index is 0.000000223. The van der Waals surface area contributed by atoms with E-state index in [1.165, 1.54) is 49.2 Å². The predicted molar refractivity (Wildman–Crippen MR) is 421 cm³/mol. The molecule has 10 aromatic carbocycles. The second-order valence-electron chi connectivity index (χ2n) is 23.7. The van der Waals surface area contributed by atoms with Crippen molar-refractivity contribution in [2.24, 2.45) is 35.2 Å². The van der Waals surface area contributed by atoms with Gasteiger partial charge < -0.3 is 23.7 Å². The van der Waals surface area contributed by atoms with Crippen LogP contribution in [-0.2, 0) is 238 Å². The Hall–Kier alpha value is -7.43. The van der Waals surface area contributed by atoms with Crippen LogP contribution < -0.4 is 52.1 Å². The summed E-state index contributed by atoms with van der Waals surface area (Å²) in [7, 11) is 7.80. The SMILES string of the molecule is CCc1cccc(-n2nnn(C)c2=O)c1COc1cc[c-]cc1.Cc1cccc(-n2nnn(C)c2=O)c1COc1cc[c-]cc1.Cn1nnn(-c2cccc(Br)c2COc2cc[c-]cc2)c1=O.Cn1nnn(-c2cccc(Cl)c2COc2cc[c-]cc2)c1=O.Cn1nnn(-c2cccc(I)c2COc2cc[c-]cc2)c1=O.[Y].[Y].[Y].[Y].[Y]. The zero-order valence-corrected chi connectivity index (χ0v) is 82.2. The summed E-state index contributed by atoms with van der Waals surface area (Å²) in [6.45, 7) is 5.58. The molecule has 38 heteroatoms. The van der Waals surface area contributed by atoms with Crippen molar-refractivity contribution in [2.45, 2.75) is 53.3 Å². The Labute approximate surface area is 818 Å². The smallest absolute Gasteiger partial charge is 0.368 e. The minimum Gasteiger partial charge on any atom is -0.514 e. The molecular weight excluding hydrogens is 2060 g/mol. The van der Waals surface area contributed by atoms with Crippen LogP contribution in [0.15, 0.2) is 241 Å². The molecule has 0 fully saturated rings. The molecule has 0 aliphatic rings. The van der Waals surface area contributed by atoms with Crippen molar-refractivity contribution in [1.29, 1.82) is 0 Å². The molecule has 15 rings (SSSR count). The fourth-order valence-electron chi connectivity index (χ4n) is 10.5. The Morgan fingerprint density at radius 1 is 0.336 bits per heavy atom. The molecule has 0 amide bonds. The molecule has 5 heterocycles. The molecule has 0 atom stereocenters. The summed E-state index contributed by atoms with van der Waals surface area (Å²) in [5, 5.41) is 38.7. The van der Waals surface area contributed by atoms with Crippen LogP contribution in [0, 0.1) is 40.8 Å². The van der Waals surface area contributed by atoms with E-state index in [1.54, 1.807) is 125 Å². The number of hydrogen-bond donors (Lipinski definition) is 0. The Kier molecular flexibility index (Phi) is 40.8. The van der Waals surface area contributed by atoms with Crippen LogP contribution in [-0.4, -0.2) is 99.0 Å². The number of aromatic nitrogens is 20. The zero-order chi connectivity index (χ0) is 78.3. The first-order valence-electron chi connectivity index (χ1n) is 33.8. The molecule has 0 aliphatic heterocycles. The van der Waals surface area contributed by atoms with Gasteiger partial charge in [0.05, 0.1) is 28.4 Å². The van der Waals surface area contributed by atoms with Gasteiger partial charge >= 0.3 is 28.4 Å². The molecule has 0 aliphatic carbocycles. The first kappa shape index (κ1) is 97.4. The first-order valence-corrected chi connectivity index (χ1v) is 36.0. The summed E-state index contributed by atoms with van der Waals surface area (Å²) in [4.78, 5) is 60.3. The second kappa shape index (κ2) is 48.6. The predicted octanol–water partition coefficient (Wildman–Crippen LogP) is 9.60. The molecule has 15 aromatic rings. The molecule has 30 nitrogen and oxygen atoms in total. The second-order valence-corrected chi connectivity index (χ2v) is 26.1. The summed E-state index contributed by atoms with van der Waals surface area (Å²) in [6, 6.07) is 78.8. The van der Waals surface area contributed by atoms with Crippen LogP contribution in [0.25, 0.3) is 28.4 Å². The van der Waals surface area contributed by atoms with Gasteiger partial charge in [-0.15, -0.1) is 60.7 Å². The van der Waals surface area contributed by atoms with E-state index in [1.807, 2.05) is 122 Å². The monoisotopic (exact) mass is 2130 g/mol. The molecule has 0 spiro atoms. The van der Waals surface area contributed by atoms with Crippen molar-refractivity contribution in [3.8, 4) is 57.2 Å². The molecule has 0 unspecified atom stereocenters. The molecule has 0 bridgehead atoms. The molecule has 5 radical (unpaired) electrons. The summed E-state index contributed by atoms with van der Waals surface area (Å²) in [5.74, 6) is 3.67. The van der Waals surface area contributed by atoms with Crippen LogP contribution in [0.4, 0.5) is 0 Å². The number of rotatable bonds is 21. The third-order valence-corrected chi connectivity index (χ3v) is 18.5. The average Bonchev–Trinajstić information content (AvgIpc) is 1.63.